The number of nitrogens with zero attached hydrogens (tertiary/aromatic N) is 6. The van der Waals surface area contributed by atoms with Crippen LogP contribution in [0.25, 0.3) is 5.65 Å². The van der Waals surface area contributed by atoms with E-state index in [4.69, 9.17) is 11.6 Å². The molecule has 5 rings (SSSR count). The van der Waals surface area contributed by atoms with Crippen molar-refractivity contribution in [3.63, 3.8) is 0 Å². The van der Waals surface area contributed by atoms with E-state index in [2.05, 4.69) is 20.0 Å². The van der Waals surface area contributed by atoms with Crippen molar-refractivity contribution in [3.05, 3.63) is 53.7 Å². The minimum atomic E-state index is 0.00155. The van der Waals surface area contributed by atoms with Crippen LogP contribution in [0.4, 0.5) is 11.6 Å². The summed E-state index contributed by atoms with van der Waals surface area (Å²) in [5.74, 6) is 1.08. The Balaban J connectivity index is 1.24. The van der Waals surface area contributed by atoms with Crippen LogP contribution in [0, 0.1) is 5.92 Å². The average molecular weight is 425 g/mol. The fraction of sp³-hybridized carbons (Fsp3) is 0.409. The molecule has 156 valence electrons. The first-order valence-corrected chi connectivity index (χ1v) is 10.9. The molecular weight excluding hydrogens is 400 g/mol. The molecule has 2 aromatic heterocycles. The van der Waals surface area contributed by atoms with Crippen molar-refractivity contribution in [1.29, 1.82) is 0 Å². The van der Waals surface area contributed by atoms with Crippen LogP contribution in [0.3, 0.4) is 0 Å². The molecule has 2 fully saturated rings. The number of amides is 1. The van der Waals surface area contributed by atoms with Crippen molar-refractivity contribution >= 4 is 34.8 Å². The van der Waals surface area contributed by atoms with Gasteiger partial charge in [0, 0.05) is 45.5 Å². The summed E-state index contributed by atoms with van der Waals surface area (Å²) in [6.45, 7) is 4.67. The highest BCUT2D eigenvalue weighted by Gasteiger charge is 2.32. The zero-order chi connectivity index (χ0) is 20.5. The second-order valence-corrected chi connectivity index (χ2v) is 8.38. The second-order valence-electron chi connectivity index (χ2n) is 7.98. The van der Waals surface area contributed by atoms with Gasteiger partial charge in [-0.1, -0.05) is 29.8 Å². The Hall–Kier alpha value is -2.80. The first kappa shape index (κ1) is 19.2. The lowest BCUT2D eigenvalue weighted by molar-refractivity contribution is -0.136. The van der Waals surface area contributed by atoms with Crippen molar-refractivity contribution in [2.24, 2.45) is 5.92 Å². The maximum Gasteiger partial charge on any atom is 0.231 e. The van der Waals surface area contributed by atoms with Gasteiger partial charge in [0.15, 0.2) is 5.65 Å². The number of hydrogen-bond donors (Lipinski definition) is 0. The lowest BCUT2D eigenvalue weighted by atomic mass is 9.96. The first-order valence-electron chi connectivity index (χ1n) is 10.5. The molecule has 30 heavy (non-hydrogen) atoms. The number of aromatic nitrogens is 3. The van der Waals surface area contributed by atoms with Crippen LogP contribution in [0.1, 0.15) is 12.8 Å². The van der Waals surface area contributed by atoms with E-state index in [0.29, 0.717) is 6.54 Å². The molecule has 2 aliphatic heterocycles. The van der Waals surface area contributed by atoms with Gasteiger partial charge in [0.1, 0.15) is 0 Å². The van der Waals surface area contributed by atoms with Crippen LogP contribution in [0.5, 0.6) is 0 Å². The summed E-state index contributed by atoms with van der Waals surface area (Å²) >= 11 is 6.34. The second kappa shape index (κ2) is 8.14. The van der Waals surface area contributed by atoms with Gasteiger partial charge in [-0.3, -0.25) is 9.20 Å². The standard InChI is InChI=1S/C22H25ClN6O/c23-18-7-1-2-8-19(18)26-12-14-27(15-13-26)21(30)17-6-5-10-28(16-17)22-25-24-20-9-3-4-11-29(20)22/h1-4,7-9,11,17H,5-6,10,12-16H2/t17-/m1/s1. The number of rotatable bonds is 3. The fourth-order valence-electron chi connectivity index (χ4n) is 4.54. The number of benzene rings is 1. The number of para-hydroxylation sites is 1. The van der Waals surface area contributed by atoms with Crippen molar-refractivity contribution < 1.29 is 4.79 Å². The summed E-state index contributed by atoms with van der Waals surface area (Å²) in [6.07, 6.45) is 3.89. The highest BCUT2D eigenvalue weighted by Crippen LogP contribution is 2.28. The van der Waals surface area contributed by atoms with E-state index in [-0.39, 0.29) is 11.8 Å². The monoisotopic (exact) mass is 424 g/mol. The molecule has 2 aliphatic rings. The highest BCUT2D eigenvalue weighted by molar-refractivity contribution is 6.33. The number of carbonyl (C=O) groups is 1. The Morgan fingerprint density at radius 2 is 1.73 bits per heavy atom. The molecule has 0 spiro atoms. The lowest BCUT2D eigenvalue weighted by Gasteiger charge is -2.40. The zero-order valence-corrected chi connectivity index (χ0v) is 17.6. The zero-order valence-electron chi connectivity index (χ0n) is 16.8. The summed E-state index contributed by atoms with van der Waals surface area (Å²) < 4.78 is 2.00. The SMILES string of the molecule is O=C([C@@H]1CCCN(c2nnc3ccccn23)C1)N1CCN(c2ccccc2Cl)CC1. The van der Waals surface area contributed by atoms with Gasteiger partial charge in [-0.2, -0.15) is 0 Å². The minimum Gasteiger partial charge on any atom is -0.367 e. The van der Waals surface area contributed by atoms with Gasteiger partial charge in [0.2, 0.25) is 11.9 Å². The minimum absolute atomic E-state index is 0.00155. The molecule has 0 N–H and O–H groups in total. The van der Waals surface area contributed by atoms with Gasteiger partial charge in [-0.15, -0.1) is 10.2 Å². The topological polar surface area (TPSA) is 57.0 Å². The molecule has 0 bridgehead atoms. The summed E-state index contributed by atoms with van der Waals surface area (Å²) in [7, 11) is 0. The highest BCUT2D eigenvalue weighted by atomic mass is 35.5. The van der Waals surface area contributed by atoms with Gasteiger partial charge in [0.25, 0.3) is 0 Å². The van der Waals surface area contributed by atoms with Crippen LogP contribution >= 0.6 is 11.6 Å². The van der Waals surface area contributed by atoms with Gasteiger partial charge < -0.3 is 14.7 Å². The lowest BCUT2D eigenvalue weighted by Crippen LogP contribution is -2.52. The van der Waals surface area contributed by atoms with Crippen molar-refractivity contribution in [2.45, 2.75) is 12.8 Å². The molecular formula is C22H25ClN6O. The van der Waals surface area contributed by atoms with Gasteiger partial charge in [-0.05, 0) is 37.1 Å². The normalized spacial score (nSPS) is 20.0. The van der Waals surface area contributed by atoms with Gasteiger partial charge >= 0.3 is 0 Å². The van der Waals surface area contributed by atoms with Gasteiger partial charge in [-0.25, -0.2) is 0 Å². The van der Waals surface area contributed by atoms with Crippen LogP contribution in [0.15, 0.2) is 48.7 Å². The Kier molecular flexibility index (Phi) is 5.21. The Morgan fingerprint density at radius 1 is 0.933 bits per heavy atom. The number of hydrogen-bond acceptors (Lipinski definition) is 5. The van der Waals surface area contributed by atoms with E-state index >= 15 is 0 Å². The Labute approximate surface area is 180 Å². The van der Waals surface area contributed by atoms with E-state index in [0.717, 1.165) is 67.9 Å². The van der Waals surface area contributed by atoms with E-state index < -0.39 is 0 Å². The molecule has 8 heteroatoms. The average Bonchev–Trinajstić information content (AvgIpc) is 3.23. The third kappa shape index (κ3) is 3.58. The van der Waals surface area contributed by atoms with Crippen LogP contribution in [-0.2, 0) is 4.79 Å². The summed E-state index contributed by atoms with van der Waals surface area (Å²) in [4.78, 5) is 19.7. The number of piperidine rings is 1. The summed E-state index contributed by atoms with van der Waals surface area (Å²) in [5, 5.41) is 9.39. The largest absolute Gasteiger partial charge is 0.367 e. The summed E-state index contributed by atoms with van der Waals surface area (Å²) in [5.41, 5.74) is 1.88. The fourth-order valence-corrected chi connectivity index (χ4v) is 4.79. The molecule has 2 saturated heterocycles. The summed E-state index contributed by atoms with van der Waals surface area (Å²) in [6, 6.07) is 13.8. The molecule has 1 aromatic carbocycles. The van der Waals surface area contributed by atoms with E-state index in [1.165, 1.54) is 0 Å². The molecule has 1 atom stereocenters. The number of halogens is 1. The number of piperazine rings is 1. The van der Waals surface area contributed by atoms with E-state index in [1.54, 1.807) is 0 Å². The predicted octanol–water partition coefficient (Wildman–Crippen LogP) is 2.95. The number of anilines is 2. The number of fused-ring (bicyclic) bond motifs is 1. The van der Waals surface area contributed by atoms with Crippen LogP contribution in [0.2, 0.25) is 5.02 Å². The molecule has 1 amide bonds. The third-order valence-electron chi connectivity index (χ3n) is 6.13. The quantitative estimate of drug-likeness (QED) is 0.647. The Morgan fingerprint density at radius 3 is 2.57 bits per heavy atom. The molecule has 3 aromatic rings. The maximum atomic E-state index is 13.3. The molecule has 0 aliphatic carbocycles. The predicted molar refractivity (Wildman–Crippen MR) is 118 cm³/mol. The molecule has 0 saturated carbocycles. The first-order chi connectivity index (χ1) is 14.7. The number of pyridine rings is 1. The molecule has 0 unspecified atom stereocenters. The van der Waals surface area contributed by atoms with Gasteiger partial charge in [0.05, 0.1) is 16.6 Å². The molecule has 4 heterocycles. The third-order valence-corrected chi connectivity index (χ3v) is 6.45. The molecule has 0 radical (unpaired) electrons. The Bertz CT molecular complexity index is 1040. The maximum absolute atomic E-state index is 13.3. The van der Waals surface area contributed by atoms with Crippen LogP contribution in [-0.4, -0.2) is 64.7 Å². The van der Waals surface area contributed by atoms with Crippen molar-refractivity contribution in [3.8, 4) is 0 Å². The van der Waals surface area contributed by atoms with Crippen LogP contribution < -0.4 is 9.80 Å². The smallest absolute Gasteiger partial charge is 0.231 e. The number of carbonyl (C=O) groups excluding carboxylic acids is 1. The van der Waals surface area contributed by atoms with Crippen molar-refractivity contribution in [2.75, 3.05) is 49.1 Å². The molecule has 7 nitrogen and oxygen atoms in total. The van der Waals surface area contributed by atoms with Crippen molar-refractivity contribution in [1.82, 2.24) is 19.5 Å². The van der Waals surface area contributed by atoms with E-state index in [9.17, 15) is 4.79 Å². The van der Waals surface area contributed by atoms with E-state index in [1.807, 2.05) is 58.0 Å².